The van der Waals surface area contributed by atoms with Crippen LogP contribution in [-0.4, -0.2) is 34.8 Å². The lowest BCUT2D eigenvalue weighted by atomic mass is 10.1. The molecule has 1 heterocycles. The first-order valence-corrected chi connectivity index (χ1v) is 8.58. The number of sulfonamides is 1. The van der Waals surface area contributed by atoms with Crippen LogP contribution in [0.5, 0.6) is 5.75 Å². The SMILES string of the molecule is CCOc1ccc(S(=O)(=O)NCC2CCOC2)cc1CN. The molecule has 1 fully saturated rings. The zero-order valence-corrected chi connectivity index (χ0v) is 13.0. The number of rotatable bonds is 7. The molecule has 0 amide bonds. The fraction of sp³-hybridized carbons (Fsp3) is 0.571. The lowest BCUT2D eigenvalue weighted by molar-refractivity contribution is 0.186. The van der Waals surface area contributed by atoms with Crippen molar-refractivity contribution in [3.8, 4) is 5.75 Å². The van der Waals surface area contributed by atoms with Gasteiger partial charge in [0.2, 0.25) is 10.0 Å². The Kier molecular flexibility index (Phi) is 5.58. The molecule has 0 saturated carbocycles. The minimum atomic E-state index is -3.53. The highest BCUT2D eigenvalue weighted by Gasteiger charge is 2.21. The first kappa shape index (κ1) is 16.2. The highest BCUT2D eigenvalue weighted by atomic mass is 32.2. The van der Waals surface area contributed by atoms with Gasteiger partial charge in [-0.3, -0.25) is 0 Å². The highest BCUT2D eigenvalue weighted by Crippen LogP contribution is 2.22. The first-order chi connectivity index (χ1) is 10.1. The molecule has 1 aromatic carbocycles. The van der Waals surface area contributed by atoms with Gasteiger partial charge in [0.1, 0.15) is 5.75 Å². The van der Waals surface area contributed by atoms with Crippen LogP contribution < -0.4 is 15.2 Å². The van der Waals surface area contributed by atoms with E-state index < -0.39 is 10.0 Å². The van der Waals surface area contributed by atoms with Gasteiger partial charge in [-0.1, -0.05) is 0 Å². The zero-order valence-electron chi connectivity index (χ0n) is 12.2. The van der Waals surface area contributed by atoms with Crippen LogP contribution in [0.1, 0.15) is 18.9 Å². The molecule has 1 atom stereocenters. The van der Waals surface area contributed by atoms with E-state index in [2.05, 4.69) is 4.72 Å². The van der Waals surface area contributed by atoms with Crippen LogP contribution in [0.25, 0.3) is 0 Å². The van der Waals surface area contributed by atoms with Crippen molar-refractivity contribution in [2.45, 2.75) is 24.8 Å². The van der Waals surface area contributed by atoms with Crippen LogP contribution in [0.2, 0.25) is 0 Å². The van der Waals surface area contributed by atoms with Crippen LogP contribution in [0.4, 0.5) is 0 Å². The molecule has 1 aliphatic heterocycles. The van der Waals surface area contributed by atoms with Crippen LogP contribution in [-0.2, 0) is 21.3 Å². The summed E-state index contributed by atoms with van der Waals surface area (Å²) in [5.74, 6) is 0.875. The Morgan fingerprint density at radius 2 is 2.29 bits per heavy atom. The smallest absolute Gasteiger partial charge is 0.240 e. The maximum atomic E-state index is 12.3. The van der Waals surface area contributed by atoms with Crippen LogP contribution in [0, 0.1) is 5.92 Å². The lowest BCUT2D eigenvalue weighted by Gasteiger charge is -2.13. The molecule has 1 aromatic rings. The van der Waals surface area contributed by atoms with Gasteiger partial charge in [0.15, 0.2) is 0 Å². The van der Waals surface area contributed by atoms with Crippen molar-refractivity contribution in [1.82, 2.24) is 4.72 Å². The summed E-state index contributed by atoms with van der Waals surface area (Å²) in [6.07, 6.45) is 0.889. The van der Waals surface area contributed by atoms with Crippen LogP contribution in [0.3, 0.4) is 0 Å². The normalized spacial score (nSPS) is 18.9. The zero-order chi connectivity index (χ0) is 15.3. The molecule has 3 N–H and O–H groups in total. The minimum absolute atomic E-state index is 0.213. The Morgan fingerprint density at radius 3 is 2.90 bits per heavy atom. The second kappa shape index (κ2) is 7.22. The molecule has 0 bridgehead atoms. The number of nitrogens with two attached hydrogens (primary N) is 1. The van der Waals surface area contributed by atoms with Crippen molar-refractivity contribution < 1.29 is 17.9 Å². The van der Waals surface area contributed by atoms with Crippen LogP contribution in [0.15, 0.2) is 23.1 Å². The van der Waals surface area contributed by atoms with Gasteiger partial charge in [0, 0.05) is 25.3 Å². The maximum absolute atomic E-state index is 12.3. The maximum Gasteiger partial charge on any atom is 0.240 e. The molecule has 0 radical (unpaired) electrons. The summed E-state index contributed by atoms with van der Waals surface area (Å²) in [5, 5.41) is 0. The van der Waals surface area contributed by atoms with Crippen molar-refractivity contribution in [1.29, 1.82) is 0 Å². The molecule has 0 aliphatic carbocycles. The molecule has 1 saturated heterocycles. The van der Waals surface area contributed by atoms with E-state index in [0.29, 0.717) is 37.7 Å². The number of hydrogen-bond acceptors (Lipinski definition) is 5. The number of ether oxygens (including phenoxy) is 2. The Balaban J connectivity index is 2.11. The summed E-state index contributed by atoms with van der Waals surface area (Å²) < 4.78 is 37.9. The van der Waals surface area contributed by atoms with E-state index >= 15 is 0 Å². The number of hydrogen-bond donors (Lipinski definition) is 2. The van der Waals surface area contributed by atoms with E-state index in [1.807, 2.05) is 6.92 Å². The fourth-order valence-electron chi connectivity index (χ4n) is 2.23. The Labute approximate surface area is 125 Å². The Morgan fingerprint density at radius 1 is 1.48 bits per heavy atom. The van der Waals surface area contributed by atoms with E-state index in [1.165, 1.54) is 6.07 Å². The van der Waals surface area contributed by atoms with E-state index in [1.54, 1.807) is 12.1 Å². The second-order valence-electron chi connectivity index (χ2n) is 4.99. The highest BCUT2D eigenvalue weighted by molar-refractivity contribution is 7.89. The Bertz CT molecular complexity index is 568. The molecule has 21 heavy (non-hydrogen) atoms. The topological polar surface area (TPSA) is 90.7 Å². The summed E-state index contributed by atoms with van der Waals surface area (Å²) in [5.41, 5.74) is 6.34. The summed E-state index contributed by atoms with van der Waals surface area (Å²) >= 11 is 0. The summed E-state index contributed by atoms with van der Waals surface area (Å²) in [4.78, 5) is 0.213. The van der Waals surface area contributed by atoms with E-state index in [0.717, 1.165) is 6.42 Å². The molecule has 6 nitrogen and oxygen atoms in total. The van der Waals surface area contributed by atoms with Gasteiger partial charge < -0.3 is 15.2 Å². The predicted octanol–water partition coefficient (Wildman–Crippen LogP) is 0.859. The minimum Gasteiger partial charge on any atom is -0.494 e. The van der Waals surface area contributed by atoms with Gasteiger partial charge in [-0.05, 0) is 37.5 Å². The number of benzene rings is 1. The van der Waals surface area contributed by atoms with Gasteiger partial charge in [-0.2, -0.15) is 0 Å². The van der Waals surface area contributed by atoms with E-state index in [9.17, 15) is 8.42 Å². The summed E-state index contributed by atoms with van der Waals surface area (Å²) in [6, 6.07) is 4.76. The van der Waals surface area contributed by atoms with E-state index in [4.69, 9.17) is 15.2 Å². The van der Waals surface area contributed by atoms with Crippen molar-refractivity contribution >= 4 is 10.0 Å². The van der Waals surface area contributed by atoms with Gasteiger partial charge in [0.25, 0.3) is 0 Å². The Hall–Kier alpha value is -1.15. The van der Waals surface area contributed by atoms with Crippen molar-refractivity contribution in [3.63, 3.8) is 0 Å². The summed E-state index contributed by atoms with van der Waals surface area (Å²) in [6.45, 7) is 4.32. The largest absolute Gasteiger partial charge is 0.494 e. The average molecular weight is 314 g/mol. The first-order valence-electron chi connectivity index (χ1n) is 7.10. The quantitative estimate of drug-likeness (QED) is 0.779. The molecule has 118 valence electrons. The molecular weight excluding hydrogens is 292 g/mol. The molecule has 0 spiro atoms. The molecular formula is C14H22N2O4S. The van der Waals surface area contributed by atoms with E-state index in [-0.39, 0.29) is 17.4 Å². The fourth-order valence-corrected chi connectivity index (χ4v) is 3.40. The molecule has 1 unspecified atom stereocenters. The number of nitrogens with one attached hydrogen (secondary N) is 1. The van der Waals surface area contributed by atoms with Crippen molar-refractivity contribution in [2.24, 2.45) is 11.7 Å². The van der Waals surface area contributed by atoms with Crippen LogP contribution >= 0.6 is 0 Å². The standard InChI is InChI=1S/C14H22N2O4S/c1-2-20-14-4-3-13(7-12(14)8-15)21(17,18)16-9-11-5-6-19-10-11/h3-4,7,11,16H,2,5-6,8-10,15H2,1H3. The van der Waals surface area contributed by atoms with Crippen molar-refractivity contribution in [2.75, 3.05) is 26.4 Å². The third-order valence-corrected chi connectivity index (χ3v) is 4.87. The monoisotopic (exact) mass is 314 g/mol. The van der Waals surface area contributed by atoms with Gasteiger partial charge >= 0.3 is 0 Å². The van der Waals surface area contributed by atoms with Crippen molar-refractivity contribution in [3.05, 3.63) is 23.8 Å². The van der Waals surface area contributed by atoms with Gasteiger partial charge in [0.05, 0.1) is 18.1 Å². The molecule has 2 rings (SSSR count). The average Bonchev–Trinajstić information content (AvgIpc) is 2.99. The third kappa shape index (κ3) is 4.16. The van der Waals surface area contributed by atoms with Gasteiger partial charge in [-0.25, -0.2) is 13.1 Å². The van der Waals surface area contributed by atoms with Gasteiger partial charge in [-0.15, -0.1) is 0 Å². The second-order valence-corrected chi connectivity index (χ2v) is 6.76. The third-order valence-electron chi connectivity index (χ3n) is 3.45. The molecule has 0 aromatic heterocycles. The summed E-state index contributed by atoms with van der Waals surface area (Å²) in [7, 11) is -3.53. The molecule has 1 aliphatic rings. The lowest BCUT2D eigenvalue weighted by Crippen LogP contribution is -2.29. The predicted molar refractivity (Wildman–Crippen MR) is 79.6 cm³/mol. The molecule has 7 heteroatoms.